The number of terminal acetylenes is 1. The summed E-state index contributed by atoms with van der Waals surface area (Å²) in [5.74, 6) is 4.40. The summed E-state index contributed by atoms with van der Waals surface area (Å²) >= 11 is 0. The maximum absolute atomic E-state index is 5.86. The molecule has 0 atom stereocenters. The van der Waals surface area contributed by atoms with Gasteiger partial charge >= 0.3 is 0 Å². The second-order valence-electron chi connectivity index (χ2n) is 14.0. The molecule has 7 aromatic carbocycles. The Morgan fingerprint density at radius 3 is 1.34 bits per heavy atom. The van der Waals surface area contributed by atoms with Crippen molar-refractivity contribution in [3.63, 3.8) is 0 Å². The monoisotopic (exact) mass is 763 g/mol. The molecule has 0 aliphatic heterocycles. The summed E-state index contributed by atoms with van der Waals surface area (Å²) in [6, 6.07) is 64.1. The number of hydrogen-bond acceptors (Lipinski definition) is 3. The van der Waals surface area contributed by atoms with Crippen LogP contribution in [0.25, 0.3) is 66.9 Å². The van der Waals surface area contributed by atoms with Crippen LogP contribution in [0.5, 0.6) is 0 Å². The molecule has 58 heavy (non-hydrogen) atoms. The van der Waals surface area contributed by atoms with E-state index < -0.39 is 10.0 Å². The average molecular weight is 764 g/mol. The number of para-hydroxylation sites is 4. The number of aromatic nitrogens is 5. The number of hydrogen-bond donors (Lipinski definition) is 0. The normalized spacial score (nSPS) is 12.5. The third-order valence-corrected chi connectivity index (χ3v) is 14.8. The zero-order chi connectivity index (χ0) is 39.1. The highest BCUT2D eigenvalue weighted by Gasteiger charge is 2.34. The highest BCUT2D eigenvalue weighted by atomic mass is 32.3. The molecule has 0 fully saturated rings. The summed E-state index contributed by atoms with van der Waals surface area (Å²) in [5.41, 5.74) is 4.98. The van der Waals surface area contributed by atoms with Crippen LogP contribution in [0, 0.1) is 12.3 Å². The van der Waals surface area contributed by atoms with Crippen LogP contribution in [-0.2, 0) is 0 Å². The molecule has 0 saturated carbocycles. The first-order valence-electron chi connectivity index (χ1n) is 19.3. The molecule has 276 valence electrons. The van der Waals surface area contributed by atoms with Crippen molar-refractivity contribution in [2.75, 3.05) is 0 Å². The lowest BCUT2D eigenvalue weighted by Gasteiger charge is -2.43. The predicted octanol–water partition coefficient (Wildman–Crippen LogP) is 13.1. The SMILES string of the molecule is C#C/C=C\C(=C/C)S(c1ccccc1)(c1ccccc1)c1cccc(-c2nc(-n3c4ccccc4c4ccccc43)nc(-n3c4ccccc4c4ccccc43)n2)c1. The molecule has 3 aromatic heterocycles. The van der Waals surface area contributed by atoms with Gasteiger partial charge in [0, 0.05) is 41.8 Å². The molecular formula is C52H37N5S. The third kappa shape index (κ3) is 5.55. The minimum atomic E-state index is -2.05. The highest BCUT2D eigenvalue weighted by molar-refractivity contribution is 8.37. The molecule has 0 N–H and O–H groups in total. The average Bonchev–Trinajstić information content (AvgIpc) is 3.82. The van der Waals surface area contributed by atoms with Crippen molar-refractivity contribution < 1.29 is 0 Å². The molecule has 0 bridgehead atoms. The van der Waals surface area contributed by atoms with Gasteiger partial charge in [0.05, 0.1) is 22.1 Å². The Balaban J connectivity index is 1.29. The minimum absolute atomic E-state index is 0.542. The number of fused-ring (bicyclic) bond motifs is 6. The van der Waals surface area contributed by atoms with E-state index in [-0.39, 0.29) is 0 Å². The first-order chi connectivity index (χ1) is 28.7. The quantitative estimate of drug-likeness (QED) is 0.114. The maximum atomic E-state index is 5.86. The van der Waals surface area contributed by atoms with Gasteiger partial charge in [0.1, 0.15) is 0 Å². The van der Waals surface area contributed by atoms with Gasteiger partial charge in [-0.3, -0.25) is 9.13 Å². The Kier molecular flexibility index (Phi) is 8.78. The molecule has 10 aromatic rings. The molecule has 5 nitrogen and oxygen atoms in total. The van der Waals surface area contributed by atoms with Crippen molar-refractivity contribution in [2.45, 2.75) is 21.6 Å². The van der Waals surface area contributed by atoms with Crippen molar-refractivity contribution in [3.8, 4) is 35.6 Å². The summed E-state index contributed by atoms with van der Waals surface area (Å²) in [6.45, 7) is 2.09. The molecule has 0 amide bonds. The zero-order valence-corrected chi connectivity index (χ0v) is 32.6. The fourth-order valence-corrected chi connectivity index (χ4v) is 12.3. The first kappa shape index (κ1) is 35.0. The summed E-state index contributed by atoms with van der Waals surface area (Å²) in [6.07, 6.45) is 11.9. The van der Waals surface area contributed by atoms with Gasteiger partial charge in [-0.2, -0.15) is 15.0 Å². The molecule has 0 aliphatic carbocycles. The van der Waals surface area contributed by atoms with Gasteiger partial charge in [0.15, 0.2) is 5.82 Å². The van der Waals surface area contributed by atoms with E-state index in [4.69, 9.17) is 21.4 Å². The van der Waals surface area contributed by atoms with Crippen molar-refractivity contribution in [1.29, 1.82) is 0 Å². The molecule has 0 saturated heterocycles. The van der Waals surface area contributed by atoms with Crippen LogP contribution in [-0.4, -0.2) is 24.1 Å². The Morgan fingerprint density at radius 1 is 0.500 bits per heavy atom. The molecule has 10 rings (SSSR count). The fourth-order valence-electron chi connectivity index (χ4n) is 8.36. The van der Waals surface area contributed by atoms with Crippen LogP contribution in [0.4, 0.5) is 0 Å². The molecule has 0 aliphatic rings. The lowest BCUT2D eigenvalue weighted by Crippen LogP contribution is -2.10. The van der Waals surface area contributed by atoms with Crippen LogP contribution in [0.1, 0.15) is 6.92 Å². The molecular weight excluding hydrogens is 727 g/mol. The number of benzene rings is 7. The maximum Gasteiger partial charge on any atom is 0.240 e. The number of allylic oxidation sites excluding steroid dienone is 3. The smallest absolute Gasteiger partial charge is 0.240 e. The van der Waals surface area contributed by atoms with Crippen LogP contribution in [0.2, 0.25) is 0 Å². The molecule has 0 unspecified atom stereocenters. The summed E-state index contributed by atoms with van der Waals surface area (Å²) < 4.78 is 4.34. The van der Waals surface area contributed by atoms with E-state index in [1.54, 1.807) is 6.08 Å². The van der Waals surface area contributed by atoms with Crippen LogP contribution >= 0.6 is 10.0 Å². The molecule has 0 radical (unpaired) electrons. The fraction of sp³-hybridized carbons (Fsp3) is 0.0192. The van der Waals surface area contributed by atoms with Gasteiger partial charge in [0.25, 0.3) is 0 Å². The van der Waals surface area contributed by atoms with Crippen molar-refractivity contribution in [3.05, 3.63) is 205 Å². The lowest BCUT2D eigenvalue weighted by atomic mass is 10.2. The minimum Gasteiger partial charge on any atom is -0.278 e. The topological polar surface area (TPSA) is 48.5 Å². The van der Waals surface area contributed by atoms with Gasteiger partial charge < -0.3 is 0 Å². The Morgan fingerprint density at radius 2 is 0.914 bits per heavy atom. The van der Waals surface area contributed by atoms with Crippen molar-refractivity contribution in [1.82, 2.24) is 24.1 Å². The second-order valence-corrected chi connectivity index (χ2v) is 17.1. The van der Waals surface area contributed by atoms with Crippen LogP contribution in [0.15, 0.2) is 220 Å². The van der Waals surface area contributed by atoms with Crippen molar-refractivity contribution >= 4 is 53.6 Å². The van der Waals surface area contributed by atoms with E-state index in [0.29, 0.717) is 17.7 Å². The van der Waals surface area contributed by atoms with E-state index in [1.165, 1.54) is 9.79 Å². The van der Waals surface area contributed by atoms with Gasteiger partial charge in [-0.1, -0.05) is 133 Å². The summed E-state index contributed by atoms with van der Waals surface area (Å²) in [7, 11) is -2.05. The zero-order valence-electron chi connectivity index (χ0n) is 31.8. The van der Waals surface area contributed by atoms with E-state index in [1.807, 2.05) is 0 Å². The van der Waals surface area contributed by atoms with Gasteiger partial charge in [-0.05, 0) is 84.6 Å². The summed E-state index contributed by atoms with van der Waals surface area (Å²) in [5, 5.41) is 4.55. The van der Waals surface area contributed by atoms with E-state index >= 15 is 0 Å². The largest absolute Gasteiger partial charge is 0.278 e. The van der Waals surface area contributed by atoms with E-state index in [2.05, 4.69) is 216 Å². The predicted molar refractivity (Wildman–Crippen MR) is 241 cm³/mol. The number of nitrogens with zero attached hydrogens (tertiary/aromatic N) is 5. The van der Waals surface area contributed by atoms with Gasteiger partial charge in [-0.25, -0.2) is 0 Å². The van der Waals surface area contributed by atoms with Crippen LogP contribution in [0.3, 0.4) is 0 Å². The highest BCUT2D eigenvalue weighted by Crippen LogP contribution is 2.73. The molecule has 6 heteroatoms. The Labute approximate surface area is 338 Å². The van der Waals surface area contributed by atoms with Gasteiger partial charge in [-0.15, -0.1) is 16.5 Å². The van der Waals surface area contributed by atoms with E-state index in [9.17, 15) is 0 Å². The molecule has 0 spiro atoms. The Hall–Kier alpha value is -7.46. The number of rotatable bonds is 8. The Bertz CT molecular complexity index is 2980. The van der Waals surface area contributed by atoms with Crippen LogP contribution < -0.4 is 0 Å². The second kappa shape index (κ2) is 14.6. The van der Waals surface area contributed by atoms with Gasteiger partial charge in [0.2, 0.25) is 11.9 Å². The first-order valence-corrected chi connectivity index (χ1v) is 20.9. The lowest BCUT2D eigenvalue weighted by molar-refractivity contribution is 0.892. The molecule has 3 heterocycles. The van der Waals surface area contributed by atoms with E-state index in [0.717, 1.165) is 59.0 Å². The standard InChI is InChI=1S/C52H37N5S/c1-3-5-22-38(4-2)58(39-23-8-6-9-24-39,40-25-10-7-11-26-40)41-27-20-21-37(36-41)50-53-51(56-46-32-16-12-28-42(46)43-29-13-17-33-47(43)56)55-52(54-50)57-48-34-18-14-30-44(48)45-31-15-19-35-49(45)57/h1,4-36H,2H3/b22-5-,38-4+. The van der Waals surface area contributed by atoms with Crippen molar-refractivity contribution in [2.24, 2.45) is 0 Å². The third-order valence-electron chi connectivity index (χ3n) is 10.8. The summed E-state index contributed by atoms with van der Waals surface area (Å²) in [4.78, 5) is 20.8.